The quantitative estimate of drug-likeness (QED) is 0.799. The van der Waals surface area contributed by atoms with Crippen LogP contribution in [0.15, 0.2) is 18.3 Å². The molecule has 5 nitrogen and oxygen atoms in total. The van der Waals surface area contributed by atoms with Gasteiger partial charge in [0.2, 0.25) is 5.91 Å². The first kappa shape index (κ1) is 12.9. The van der Waals surface area contributed by atoms with Crippen LogP contribution < -0.4 is 4.74 Å². The predicted octanol–water partition coefficient (Wildman–Crippen LogP) is 2.38. The van der Waals surface area contributed by atoms with Gasteiger partial charge in [-0.1, -0.05) is 11.6 Å². The van der Waals surface area contributed by atoms with E-state index in [2.05, 4.69) is 5.10 Å². The van der Waals surface area contributed by atoms with Crippen molar-refractivity contribution in [3.05, 3.63) is 23.4 Å². The largest absolute Gasteiger partial charge is 0.490 e. The Hall–Kier alpha value is -1.59. The van der Waals surface area contributed by atoms with Crippen LogP contribution in [0.25, 0.3) is 10.9 Å². The highest BCUT2D eigenvalue weighted by Crippen LogP contribution is 2.30. The molecule has 2 rings (SSSR count). The molecule has 1 aromatic carbocycles. The van der Waals surface area contributed by atoms with Gasteiger partial charge in [-0.25, -0.2) is 4.68 Å². The van der Waals surface area contributed by atoms with Crippen molar-refractivity contribution in [2.24, 2.45) is 0 Å². The number of fused-ring (bicyclic) bond motifs is 1. The molecule has 0 aliphatic rings. The third-order valence-corrected chi connectivity index (χ3v) is 2.76. The minimum Gasteiger partial charge on any atom is -0.490 e. The van der Waals surface area contributed by atoms with Crippen LogP contribution in [0.2, 0.25) is 5.02 Å². The maximum Gasteiger partial charge on any atom is 0.244 e. The van der Waals surface area contributed by atoms with Crippen LogP contribution in [0, 0.1) is 0 Å². The molecule has 1 heterocycles. The van der Waals surface area contributed by atoms with Gasteiger partial charge >= 0.3 is 0 Å². The van der Waals surface area contributed by atoms with Crippen LogP contribution in [0.5, 0.6) is 5.75 Å². The number of hydrogen-bond acceptors (Lipinski definition) is 4. The molecule has 6 heteroatoms. The number of aromatic nitrogens is 2. The SMILES string of the molecule is COCCOc1cc2c(cnn2C(C)=O)cc1Cl. The zero-order valence-corrected chi connectivity index (χ0v) is 10.9. The van der Waals surface area contributed by atoms with E-state index in [-0.39, 0.29) is 5.91 Å². The number of nitrogens with zero attached hydrogens (tertiary/aromatic N) is 2. The topological polar surface area (TPSA) is 53.4 Å². The molecule has 2 aromatic rings. The number of rotatable bonds is 4. The van der Waals surface area contributed by atoms with Crippen molar-refractivity contribution in [1.82, 2.24) is 9.78 Å². The highest BCUT2D eigenvalue weighted by molar-refractivity contribution is 6.32. The van der Waals surface area contributed by atoms with Crippen molar-refractivity contribution in [3.8, 4) is 5.75 Å². The molecule has 96 valence electrons. The highest BCUT2D eigenvalue weighted by atomic mass is 35.5. The Bertz CT molecular complexity index is 580. The summed E-state index contributed by atoms with van der Waals surface area (Å²) in [5.74, 6) is 0.361. The van der Waals surface area contributed by atoms with E-state index in [0.717, 1.165) is 5.39 Å². The van der Waals surface area contributed by atoms with Gasteiger partial charge in [0.05, 0.1) is 23.3 Å². The molecule has 0 fully saturated rings. The van der Waals surface area contributed by atoms with Crippen LogP contribution in [-0.4, -0.2) is 36.0 Å². The van der Waals surface area contributed by atoms with E-state index in [1.54, 1.807) is 25.4 Å². The smallest absolute Gasteiger partial charge is 0.244 e. The van der Waals surface area contributed by atoms with E-state index in [1.165, 1.54) is 11.6 Å². The van der Waals surface area contributed by atoms with Crippen LogP contribution in [0.1, 0.15) is 11.7 Å². The summed E-state index contributed by atoms with van der Waals surface area (Å²) in [5.41, 5.74) is 0.680. The van der Waals surface area contributed by atoms with Crippen molar-refractivity contribution < 1.29 is 14.3 Å². The lowest BCUT2D eigenvalue weighted by Crippen LogP contribution is -2.07. The maximum absolute atomic E-state index is 11.4. The summed E-state index contributed by atoms with van der Waals surface area (Å²) in [7, 11) is 1.60. The number of carbonyl (C=O) groups is 1. The first-order valence-corrected chi connectivity index (χ1v) is 5.81. The number of benzene rings is 1. The molecule has 0 saturated heterocycles. The van der Waals surface area contributed by atoms with Gasteiger partial charge in [0.15, 0.2) is 0 Å². The lowest BCUT2D eigenvalue weighted by molar-refractivity contribution is 0.0926. The summed E-state index contributed by atoms with van der Waals surface area (Å²) in [6.45, 7) is 2.32. The Labute approximate surface area is 109 Å². The van der Waals surface area contributed by atoms with Gasteiger partial charge in [0, 0.05) is 25.5 Å². The Balaban J connectivity index is 2.38. The standard InChI is InChI=1S/C12H13ClN2O3/c1-8(16)15-11-6-12(18-4-3-17-2)10(13)5-9(11)7-14-15/h5-7H,3-4H2,1-2H3. The van der Waals surface area contributed by atoms with Gasteiger partial charge in [0.25, 0.3) is 0 Å². The molecule has 1 aromatic heterocycles. The van der Waals surface area contributed by atoms with Gasteiger partial charge < -0.3 is 9.47 Å². The third kappa shape index (κ3) is 2.47. The summed E-state index contributed by atoms with van der Waals surface area (Å²) in [4.78, 5) is 11.4. The van der Waals surface area contributed by atoms with Gasteiger partial charge in [0.1, 0.15) is 12.4 Å². The van der Waals surface area contributed by atoms with Gasteiger partial charge in [-0.05, 0) is 6.07 Å². The van der Waals surface area contributed by atoms with E-state index in [9.17, 15) is 4.79 Å². The molecular weight excluding hydrogens is 256 g/mol. The molecule has 0 bridgehead atoms. The zero-order valence-electron chi connectivity index (χ0n) is 10.1. The molecule has 0 saturated carbocycles. The fourth-order valence-corrected chi connectivity index (χ4v) is 1.85. The average molecular weight is 269 g/mol. The van der Waals surface area contributed by atoms with Crippen molar-refractivity contribution >= 4 is 28.4 Å². The Morgan fingerprint density at radius 3 is 2.89 bits per heavy atom. The molecule has 0 aliphatic heterocycles. The summed E-state index contributed by atoms with van der Waals surface area (Å²) < 4.78 is 11.7. The summed E-state index contributed by atoms with van der Waals surface area (Å²) in [6, 6.07) is 3.44. The Morgan fingerprint density at radius 2 is 2.22 bits per heavy atom. The lowest BCUT2D eigenvalue weighted by Gasteiger charge is -2.08. The minimum absolute atomic E-state index is 0.157. The fraction of sp³-hybridized carbons (Fsp3) is 0.333. The average Bonchev–Trinajstić information content (AvgIpc) is 2.72. The van der Waals surface area contributed by atoms with Crippen LogP contribution in [0.3, 0.4) is 0 Å². The molecule has 0 N–H and O–H groups in total. The van der Waals surface area contributed by atoms with Crippen molar-refractivity contribution in [2.45, 2.75) is 6.92 Å². The molecule has 0 unspecified atom stereocenters. The Kier molecular flexibility index (Phi) is 3.84. The first-order chi connectivity index (χ1) is 8.63. The highest BCUT2D eigenvalue weighted by Gasteiger charge is 2.11. The first-order valence-electron chi connectivity index (χ1n) is 5.43. The van der Waals surface area contributed by atoms with Crippen molar-refractivity contribution in [1.29, 1.82) is 0 Å². The van der Waals surface area contributed by atoms with Gasteiger partial charge in [-0.15, -0.1) is 0 Å². The number of halogens is 1. The molecule has 0 spiro atoms. The van der Waals surface area contributed by atoms with Crippen LogP contribution in [-0.2, 0) is 4.74 Å². The van der Waals surface area contributed by atoms with Crippen molar-refractivity contribution in [2.75, 3.05) is 20.3 Å². The zero-order chi connectivity index (χ0) is 13.1. The minimum atomic E-state index is -0.157. The molecule has 0 aliphatic carbocycles. The molecular formula is C12H13ClN2O3. The van der Waals surface area contributed by atoms with Gasteiger partial charge in [-0.2, -0.15) is 5.10 Å². The number of ether oxygens (including phenoxy) is 2. The van der Waals surface area contributed by atoms with Crippen LogP contribution >= 0.6 is 11.6 Å². The molecule has 18 heavy (non-hydrogen) atoms. The fourth-order valence-electron chi connectivity index (χ4n) is 1.62. The second kappa shape index (κ2) is 5.37. The monoisotopic (exact) mass is 268 g/mol. The Morgan fingerprint density at radius 1 is 1.44 bits per heavy atom. The number of hydrogen-bond donors (Lipinski definition) is 0. The van der Waals surface area contributed by atoms with Crippen LogP contribution in [0.4, 0.5) is 0 Å². The van der Waals surface area contributed by atoms with Gasteiger partial charge in [-0.3, -0.25) is 4.79 Å². The van der Waals surface area contributed by atoms with E-state index in [4.69, 9.17) is 21.1 Å². The normalized spacial score (nSPS) is 10.8. The van der Waals surface area contributed by atoms with E-state index in [1.807, 2.05) is 0 Å². The number of methoxy groups -OCH3 is 1. The van der Waals surface area contributed by atoms with Crippen molar-refractivity contribution in [3.63, 3.8) is 0 Å². The molecule has 0 atom stereocenters. The second-order valence-electron chi connectivity index (χ2n) is 3.76. The molecule has 0 radical (unpaired) electrons. The van der Waals surface area contributed by atoms with E-state index < -0.39 is 0 Å². The maximum atomic E-state index is 11.4. The summed E-state index contributed by atoms with van der Waals surface area (Å²) in [6.07, 6.45) is 1.60. The number of carbonyl (C=O) groups excluding carboxylic acids is 1. The summed E-state index contributed by atoms with van der Waals surface area (Å²) >= 11 is 6.08. The van der Waals surface area contributed by atoms with E-state index >= 15 is 0 Å². The lowest BCUT2D eigenvalue weighted by atomic mass is 10.2. The second-order valence-corrected chi connectivity index (χ2v) is 4.17. The molecule has 0 amide bonds. The van der Waals surface area contributed by atoms with E-state index in [0.29, 0.717) is 29.5 Å². The predicted molar refractivity (Wildman–Crippen MR) is 68.4 cm³/mol. The summed E-state index contributed by atoms with van der Waals surface area (Å²) in [5, 5.41) is 5.29. The third-order valence-electron chi connectivity index (χ3n) is 2.46.